The number of rotatable bonds is 7. The van der Waals surface area contributed by atoms with Crippen molar-refractivity contribution >= 4 is 5.91 Å². The summed E-state index contributed by atoms with van der Waals surface area (Å²) in [7, 11) is 1.82. The van der Waals surface area contributed by atoms with Gasteiger partial charge in [0, 0.05) is 32.5 Å². The summed E-state index contributed by atoms with van der Waals surface area (Å²) >= 11 is 0. The van der Waals surface area contributed by atoms with Gasteiger partial charge in [0.05, 0.1) is 0 Å². The zero-order valence-electron chi connectivity index (χ0n) is 10.5. The van der Waals surface area contributed by atoms with Crippen molar-refractivity contribution in [1.82, 2.24) is 20.1 Å². The number of aryl methyl sites for hydroxylation is 1. The minimum Gasteiger partial charge on any atom is -0.356 e. The third kappa shape index (κ3) is 5.44. The number of aromatic nitrogens is 3. The average molecular weight is 239 g/mol. The lowest BCUT2D eigenvalue weighted by atomic mass is 10.1. The van der Waals surface area contributed by atoms with Gasteiger partial charge in [-0.1, -0.05) is 13.3 Å². The smallest absolute Gasteiger partial charge is 0.221 e. The average Bonchev–Trinajstić information content (AvgIpc) is 2.64. The Bertz CT molecular complexity index is 349. The molecule has 1 atom stereocenters. The fourth-order valence-corrected chi connectivity index (χ4v) is 1.60. The van der Waals surface area contributed by atoms with E-state index in [4.69, 9.17) is 5.73 Å². The molecule has 6 nitrogen and oxygen atoms in total. The molecule has 0 spiro atoms. The molecule has 96 valence electrons. The Balaban J connectivity index is 2.16. The van der Waals surface area contributed by atoms with Crippen LogP contribution in [0.2, 0.25) is 0 Å². The lowest BCUT2D eigenvalue weighted by Crippen LogP contribution is -2.32. The Hall–Kier alpha value is -1.43. The first-order valence-corrected chi connectivity index (χ1v) is 5.98. The highest BCUT2D eigenvalue weighted by molar-refractivity contribution is 5.76. The van der Waals surface area contributed by atoms with Crippen molar-refractivity contribution in [1.29, 1.82) is 0 Å². The van der Waals surface area contributed by atoms with Gasteiger partial charge in [-0.25, -0.2) is 4.98 Å². The van der Waals surface area contributed by atoms with Crippen LogP contribution in [0.3, 0.4) is 0 Å². The highest BCUT2D eigenvalue weighted by atomic mass is 16.1. The van der Waals surface area contributed by atoms with Crippen LogP contribution in [0, 0.1) is 0 Å². The maximum absolute atomic E-state index is 11.5. The Morgan fingerprint density at radius 2 is 2.41 bits per heavy atom. The van der Waals surface area contributed by atoms with Gasteiger partial charge in [0.25, 0.3) is 0 Å². The first kappa shape index (κ1) is 13.6. The largest absolute Gasteiger partial charge is 0.356 e. The van der Waals surface area contributed by atoms with Crippen molar-refractivity contribution in [3.8, 4) is 0 Å². The predicted molar refractivity (Wildman–Crippen MR) is 65.2 cm³/mol. The van der Waals surface area contributed by atoms with Crippen LogP contribution in [0.5, 0.6) is 0 Å². The summed E-state index contributed by atoms with van der Waals surface area (Å²) in [6, 6.07) is -0.0343. The lowest BCUT2D eigenvalue weighted by molar-refractivity contribution is -0.121. The van der Waals surface area contributed by atoms with Gasteiger partial charge in [-0.3, -0.25) is 9.48 Å². The van der Waals surface area contributed by atoms with Gasteiger partial charge < -0.3 is 11.1 Å². The quantitative estimate of drug-likeness (QED) is 0.701. The normalized spacial score (nSPS) is 12.4. The van der Waals surface area contributed by atoms with E-state index < -0.39 is 0 Å². The summed E-state index contributed by atoms with van der Waals surface area (Å²) in [5.41, 5.74) is 5.78. The van der Waals surface area contributed by atoms with Crippen LogP contribution < -0.4 is 11.1 Å². The summed E-state index contributed by atoms with van der Waals surface area (Å²) < 4.78 is 1.65. The van der Waals surface area contributed by atoms with Gasteiger partial charge in [0.1, 0.15) is 6.33 Å². The highest BCUT2D eigenvalue weighted by Gasteiger charge is 2.08. The fourth-order valence-electron chi connectivity index (χ4n) is 1.60. The Kier molecular flexibility index (Phi) is 5.62. The second-order valence-electron chi connectivity index (χ2n) is 4.19. The predicted octanol–water partition coefficient (Wildman–Crippen LogP) is -0.00870. The van der Waals surface area contributed by atoms with Crippen molar-refractivity contribution in [3.05, 3.63) is 12.2 Å². The molecule has 3 N–H and O–H groups in total. The summed E-state index contributed by atoms with van der Waals surface area (Å²) in [4.78, 5) is 15.6. The van der Waals surface area contributed by atoms with Gasteiger partial charge >= 0.3 is 0 Å². The number of nitrogens with two attached hydrogens (primary N) is 1. The van der Waals surface area contributed by atoms with Crippen LogP contribution >= 0.6 is 0 Å². The van der Waals surface area contributed by atoms with Gasteiger partial charge in [-0.2, -0.15) is 5.10 Å². The summed E-state index contributed by atoms with van der Waals surface area (Å²) in [5.74, 6) is 0.743. The highest BCUT2D eigenvalue weighted by Crippen LogP contribution is 1.98. The monoisotopic (exact) mass is 239 g/mol. The number of amides is 1. The van der Waals surface area contributed by atoms with E-state index in [0.29, 0.717) is 19.4 Å². The maximum Gasteiger partial charge on any atom is 0.221 e. The first-order chi connectivity index (χ1) is 8.11. The van der Waals surface area contributed by atoms with E-state index in [2.05, 4.69) is 22.3 Å². The summed E-state index contributed by atoms with van der Waals surface area (Å²) in [5, 5.41) is 6.95. The molecule has 0 aliphatic heterocycles. The minimum atomic E-state index is -0.0343. The SMILES string of the molecule is CCCC(N)CC(=O)NCCc1ncn(C)n1. The number of nitrogens with one attached hydrogen (secondary N) is 1. The summed E-state index contributed by atoms with van der Waals surface area (Å²) in [6.45, 7) is 2.62. The second-order valence-corrected chi connectivity index (χ2v) is 4.19. The molecule has 1 rings (SSSR count). The van der Waals surface area contributed by atoms with Crippen molar-refractivity contribution in [3.63, 3.8) is 0 Å². The Labute approximate surface area is 102 Å². The van der Waals surface area contributed by atoms with E-state index in [-0.39, 0.29) is 11.9 Å². The second kappa shape index (κ2) is 7.01. The number of hydrogen-bond donors (Lipinski definition) is 2. The van der Waals surface area contributed by atoms with Crippen molar-refractivity contribution in [2.24, 2.45) is 12.8 Å². The van der Waals surface area contributed by atoms with Gasteiger partial charge in [0.2, 0.25) is 5.91 Å². The molecule has 0 fully saturated rings. The third-order valence-electron chi connectivity index (χ3n) is 2.42. The standard InChI is InChI=1S/C11H21N5O/c1-3-4-9(12)7-11(17)13-6-5-10-14-8-16(2)15-10/h8-9H,3-7,12H2,1-2H3,(H,13,17). The molecule has 6 heteroatoms. The third-order valence-corrected chi connectivity index (χ3v) is 2.42. The number of hydrogen-bond acceptors (Lipinski definition) is 4. The Morgan fingerprint density at radius 3 is 3.00 bits per heavy atom. The van der Waals surface area contributed by atoms with E-state index in [0.717, 1.165) is 18.7 Å². The van der Waals surface area contributed by atoms with E-state index >= 15 is 0 Å². The van der Waals surface area contributed by atoms with E-state index in [1.165, 1.54) is 0 Å². The van der Waals surface area contributed by atoms with E-state index in [1.807, 2.05) is 7.05 Å². The topological polar surface area (TPSA) is 85.8 Å². The number of carbonyl (C=O) groups is 1. The molecule has 0 saturated carbocycles. The van der Waals surface area contributed by atoms with Crippen LogP contribution in [0.25, 0.3) is 0 Å². The molecule has 0 aromatic carbocycles. The molecular formula is C11H21N5O. The van der Waals surface area contributed by atoms with E-state index in [1.54, 1.807) is 11.0 Å². The zero-order valence-corrected chi connectivity index (χ0v) is 10.5. The molecular weight excluding hydrogens is 218 g/mol. The molecule has 17 heavy (non-hydrogen) atoms. The zero-order chi connectivity index (χ0) is 12.7. The molecule has 1 amide bonds. The van der Waals surface area contributed by atoms with Crippen molar-refractivity contribution in [2.45, 2.75) is 38.6 Å². The van der Waals surface area contributed by atoms with Crippen LogP contribution in [0.1, 0.15) is 32.0 Å². The Morgan fingerprint density at radius 1 is 1.65 bits per heavy atom. The van der Waals surface area contributed by atoms with Crippen molar-refractivity contribution < 1.29 is 4.79 Å². The molecule has 1 unspecified atom stereocenters. The molecule has 0 saturated heterocycles. The van der Waals surface area contributed by atoms with Gasteiger partial charge in [-0.05, 0) is 6.42 Å². The van der Waals surface area contributed by atoms with Crippen molar-refractivity contribution in [2.75, 3.05) is 6.54 Å². The molecule has 1 heterocycles. The molecule has 1 aromatic heterocycles. The van der Waals surface area contributed by atoms with Crippen LogP contribution in [0.4, 0.5) is 0 Å². The maximum atomic E-state index is 11.5. The molecule has 0 bridgehead atoms. The fraction of sp³-hybridized carbons (Fsp3) is 0.727. The van der Waals surface area contributed by atoms with Crippen LogP contribution in [-0.4, -0.2) is 33.3 Å². The summed E-state index contributed by atoms with van der Waals surface area (Å²) in [6.07, 6.45) is 4.58. The first-order valence-electron chi connectivity index (χ1n) is 5.98. The molecule has 0 radical (unpaired) electrons. The van der Waals surface area contributed by atoms with E-state index in [9.17, 15) is 4.79 Å². The van der Waals surface area contributed by atoms with Gasteiger partial charge in [0.15, 0.2) is 5.82 Å². The van der Waals surface area contributed by atoms with Crippen LogP contribution in [-0.2, 0) is 18.3 Å². The molecule has 0 aliphatic carbocycles. The van der Waals surface area contributed by atoms with Gasteiger partial charge in [-0.15, -0.1) is 0 Å². The number of nitrogens with zero attached hydrogens (tertiary/aromatic N) is 3. The lowest BCUT2D eigenvalue weighted by Gasteiger charge is -2.09. The molecule has 1 aromatic rings. The number of carbonyl (C=O) groups excluding carboxylic acids is 1. The van der Waals surface area contributed by atoms with Crippen LogP contribution in [0.15, 0.2) is 6.33 Å². The molecule has 0 aliphatic rings. The minimum absolute atomic E-state index is 0.00174.